The van der Waals surface area contributed by atoms with Crippen molar-refractivity contribution in [2.24, 2.45) is 0 Å². The van der Waals surface area contributed by atoms with Gasteiger partial charge in [-0.15, -0.1) is 11.3 Å². The highest BCUT2D eigenvalue weighted by molar-refractivity contribution is 7.13. The minimum Gasteiger partial charge on any atom is -0.495 e. The summed E-state index contributed by atoms with van der Waals surface area (Å²) < 4.78 is 5.28. The van der Waals surface area contributed by atoms with Crippen molar-refractivity contribution in [1.29, 1.82) is 0 Å². The molecule has 1 amide bonds. The van der Waals surface area contributed by atoms with Gasteiger partial charge in [0.1, 0.15) is 16.5 Å². The summed E-state index contributed by atoms with van der Waals surface area (Å²) in [4.78, 5) is 16.9. The third kappa shape index (κ3) is 3.58. The highest BCUT2D eigenvalue weighted by atomic mass is 35.5. The van der Waals surface area contributed by atoms with Crippen LogP contribution < -0.4 is 10.1 Å². The monoisotopic (exact) mass is 358 g/mol. The highest BCUT2D eigenvalue weighted by Crippen LogP contribution is 2.28. The molecule has 2 aromatic carbocycles. The lowest BCUT2D eigenvalue weighted by molar-refractivity contribution is 0.102. The van der Waals surface area contributed by atoms with Crippen molar-refractivity contribution in [2.45, 2.75) is 6.92 Å². The van der Waals surface area contributed by atoms with E-state index in [1.165, 1.54) is 11.3 Å². The Morgan fingerprint density at radius 2 is 1.96 bits per heavy atom. The van der Waals surface area contributed by atoms with Gasteiger partial charge in [0, 0.05) is 16.0 Å². The number of thiazole rings is 1. The highest BCUT2D eigenvalue weighted by Gasteiger charge is 2.14. The number of carbonyl (C=O) groups is 1. The van der Waals surface area contributed by atoms with E-state index in [1.54, 1.807) is 24.6 Å². The summed E-state index contributed by atoms with van der Waals surface area (Å²) in [5, 5.41) is 6.03. The molecule has 0 atom stereocenters. The summed E-state index contributed by atoms with van der Waals surface area (Å²) in [5.74, 6) is 0.345. The van der Waals surface area contributed by atoms with Gasteiger partial charge in [0.2, 0.25) is 0 Å². The fourth-order valence-corrected chi connectivity index (χ4v) is 3.14. The maximum Gasteiger partial charge on any atom is 0.275 e. The molecule has 3 aromatic rings. The minimum atomic E-state index is -0.268. The molecule has 0 radical (unpaired) electrons. The minimum absolute atomic E-state index is 0.268. The second-order valence-electron chi connectivity index (χ2n) is 5.20. The Labute approximate surface area is 149 Å². The van der Waals surface area contributed by atoms with Crippen molar-refractivity contribution < 1.29 is 9.53 Å². The maximum absolute atomic E-state index is 12.4. The number of rotatable bonds is 4. The van der Waals surface area contributed by atoms with Gasteiger partial charge in [-0.2, -0.15) is 0 Å². The first-order valence-electron chi connectivity index (χ1n) is 7.24. The average Bonchev–Trinajstić information content (AvgIpc) is 3.06. The van der Waals surface area contributed by atoms with Crippen LogP contribution in [-0.2, 0) is 0 Å². The van der Waals surface area contributed by atoms with Crippen LogP contribution in [0.25, 0.3) is 10.6 Å². The van der Waals surface area contributed by atoms with Crippen molar-refractivity contribution in [3.63, 3.8) is 0 Å². The predicted molar refractivity (Wildman–Crippen MR) is 98.2 cm³/mol. The van der Waals surface area contributed by atoms with Crippen molar-refractivity contribution in [3.8, 4) is 16.3 Å². The molecule has 0 fully saturated rings. The van der Waals surface area contributed by atoms with E-state index in [0.29, 0.717) is 22.2 Å². The van der Waals surface area contributed by atoms with Crippen LogP contribution in [0.1, 0.15) is 16.1 Å². The van der Waals surface area contributed by atoms with E-state index in [-0.39, 0.29) is 5.91 Å². The topological polar surface area (TPSA) is 51.2 Å². The fourth-order valence-electron chi connectivity index (χ4n) is 2.21. The molecule has 0 bridgehead atoms. The predicted octanol–water partition coefficient (Wildman–Crippen LogP) is 5.03. The number of aryl methyl sites for hydroxylation is 1. The van der Waals surface area contributed by atoms with E-state index in [9.17, 15) is 4.79 Å². The van der Waals surface area contributed by atoms with E-state index < -0.39 is 0 Å². The van der Waals surface area contributed by atoms with Gasteiger partial charge < -0.3 is 10.1 Å². The van der Waals surface area contributed by atoms with Crippen molar-refractivity contribution in [1.82, 2.24) is 4.98 Å². The number of ether oxygens (including phenoxy) is 1. The van der Waals surface area contributed by atoms with Gasteiger partial charge in [0.15, 0.2) is 0 Å². The Morgan fingerprint density at radius 3 is 2.67 bits per heavy atom. The number of halogens is 1. The largest absolute Gasteiger partial charge is 0.495 e. The number of hydrogen-bond donors (Lipinski definition) is 1. The first kappa shape index (κ1) is 16.5. The number of amides is 1. The number of nitrogens with zero attached hydrogens (tertiary/aromatic N) is 1. The molecule has 6 heteroatoms. The molecule has 122 valence electrons. The van der Waals surface area contributed by atoms with E-state index >= 15 is 0 Å². The summed E-state index contributed by atoms with van der Waals surface area (Å²) >= 11 is 7.31. The number of methoxy groups -OCH3 is 1. The molecule has 0 saturated carbocycles. The first-order chi connectivity index (χ1) is 11.6. The van der Waals surface area contributed by atoms with Crippen molar-refractivity contribution in [3.05, 3.63) is 64.1 Å². The van der Waals surface area contributed by atoms with Crippen LogP contribution in [0.3, 0.4) is 0 Å². The third-order valence-corrected chi connectivity index (χ3v) is 4.57. The van der Waals surface area contributed by atoms with Crippen LogP contribution >= 0.6 is 22.9 Å². The Balaban J connectivity index is 1.81. The quantitative estimate of drug-likeness (QED) is 0.711. The lowest BCUT2D eigenvalue weighted by Gasteiger charge is -2.10. The number of hydrogen-bond acceptors (Lipinski definition) is 4. The molecular formula is C18H15ClN2O2S. The molecule has 0 aliphatic rings. The Hall–Kier alpha value is -2.37. The summed E-state index contributed by atoms with van der Waals surface area (Å²) in [6.07, 6.45) is 0. The molecule has 1 aromatic heterocycles. The van der Waals surface area contributed by atoms with Crippen LogP contribution in [0.15, 0.2) is 47.8 Å². The molecule has 0 spiro atoms. The number of aromatic nitrogens is 1. The molecule has 1 N–H and O–H groups in total. The van der Waals surface area contributed by atoms with Gasteiger partial charge in [0.25, 0.3) is 5.91 Å². The molecule has 0 aliphatic carbocycles. The van der Waals surface area contributed by atoms with Gasteiger partial charge in [-0.3, -0.25) is 4.79 Å². The molecule has 3 rings (SSSR count). The zero-order chi connectivity index (χ0) is 17.1. The summed E-state index contributed by atoms with van der Waals surface area (Å²) in [5.41, 5.74) is 2.96. The molecule has 1 heterocycles. The summed E-state index contributed by atoms with van der Waals surface area (Å²) in [7, 11) is 1.57. The number of benzene rings is 2. The normalized spacial score (nSPS) is 10.5. The fraction of sp³-hybridized carbons (Fsp3) is 0.111. The zero-order valence-corrected chi connectivity index (χ0v) is 14.7. The molecule has 4 nitrogen and oxygen atoms in total. The van der Waals surface area contributed by atoms with Gasteiger partial charge in [-0.25, -0.2) is 4.98 Å². The maximum atomic E-state index is 12.4. The van der Waals surface area contributed by atoms with Crippen LogP contribution in [0.2, 0.25) is 5.02 Å². The Morgan fingerprint density at radius 1 is 1.21 bits per heavy atom. The van der Waals surface area contributed by atoms with Gasteiger partial charge in [0.05, 0.1) is 12.8 Å². The lowest BCUT2D eigenvalue weighted by Crippen LogP contribution is -2.13. The number of carbonyl (C=O) groups excluding carboxylic acids is 1. The molecular weight excluding hydrogens is 344 g/mol. The summed E-state index contributed by atoms with van der Waals surface area (Å²) in [6.45, 7) is 1.95. The van der Waals surface area contributed by atoms with E-state index in [1.807, 2.05) is 37.3 Å². The van der Waals surface area contributed by atoms with Gasteiger partial charge in [-0.1, -0.05) is 29.8 Å². The van der Waals surface area contributed by atoms with E-state index in [0.717, 1.165) is 16.1 Å². The summed E-state index contributed by atoms with van der Waals surface area (Å²) in [6, 6.07) is 13.0. The van der Waals surface area contributed by atoms with Gasteiger partial charge in [-0.05, 0) is 36.8 Å². The molecule has 0 saturated heterocycles. The number of anilines is 1. The van der Waals surface area contributed by atoms with Crippen molar-refractivity contribution >= 4 is 34.5 Å². The third-order valence-electron chi connectivity index (χ3n) is 3.43. The van der Waals surface area contributed by atoms with Crippen LogP contribution in [0.4, 0.5) is 5.69 Å². The number of nitrogens with one attached hydrogen (secondary N) is 1. The van der Waals surface area contributed by atoms with Crippen LogP contribution in [0.5, 0.6) is 5.75 Å². The zero-order valence-electron chi connectivity index (χ0n) is 13.2. The Bertz CT molecular complexity index is 875. The van der Waals surface area contributed by atoms with E-state index in [4.69, 9.17) is 16.3 Å². The SMILES string of the molecule is COc1ccc(C)cc1NC(=O)c1csc(-c2ccc(Cl)cc2)n1. The molecule has 24 heavy (non-hydrogen) atoms. The van der Waals surface area contributed by atoms with Crippen molar-refractivity contribution in [2.75, 3.05) is 12.4 Å². The van der Waals surface area contributed by atoms with Crippen LogP contribution in [-0.4, -0.2) is 18.0 Å². The average molecular weight is 359 g/mol. The smallest absolute Gasteiger partial charge is 0.275 e. The Kier molecular flexibility index (Phi) is 4.83. The standard InChI is InChI=1S/C18H15ClN2O2S/c1-11-3-8-16(23-2)14(9-11)20-17(22)15-10-24-18(21-15)12-4-6-13(19)7-5-12/h3-10H,1-2H3,(H,20,22). The molecule has 0 aliphatic heterocycles. The second kappa shape index (κ2) is 7.03. The first-order valence-corrected chi connectivity index (χ1v) is 8.50. The molecule has 0 unspecified atom stereocenters. The van der Waals surface area contributed by atoms with Crippen LogP contribution in [0, 0.1) is 6.92 Å². The lowest BCUT2D eigenvalue weighted by atomic mass is 10.2. The van der Waals surface area contributed by atoms with Gasteiger partial charge >= 0.3 is 0 Å². The van der Waals surface area contributed by atoms with E-state index in [2.05, 4.69) is 10.3 Å². The second-order valence-corrected chi connectivity index (χ2v) is 6.50.